The standard InChI is InChI=1S/C23H27NO3/c1-22(2)17-12-18(22)23(3,26)19(13-17)24-20(21(25)27-4)16-10-9-14-7-5-6-8-15(14)11-16/h5-11,17-18,20,26H,12-13H2,1-4H3/t17-,18-,20?,23-/m0/s1. The van der Waals surface area contributed by atoms with Gasteiger partial charge in [-0.15, -0.1) is 0 Å². The van der Waals surface area contributed by atoms with E-state index in [0.29, 0.717) is 5.92 Å². The van der Waals surface area contributed by atoms with Crippen LogP contribution in [0.4, 0.5) is 0 Å². The minimum Gasteiger partial charge on any atom is -0.467 e. The fraction of sp³-hybridized carbons (Fsp3) is 0.478. The molecule has 3 aliphatic carbocycles. The molecule has 2 aromatic rings. The second-order valence-electron chi connectivity index (χ2n) is 8.77. The first-order chi connectivity index (χ1) is 12.7. The van der Waals surface area contributed by atoms with E-state index >= 15 is 0 Å². The Labute approximate surface area is 160 Å². The minimum atomic E-state index is -0.985. The first kappa shape index (κ1) is 18.2. The third-order valence-electron chi connectivity index (χ3n) is 6.97. The second kappa shape index (κ2) is 6.16. The van der Waals surface area contributed by atoms with Crippen LogP contribution >= 0.6 is 0 Å². The molecule has 4 heteroatoms. The van der Waals surface area contributed by atoms with Gasteiger partial charge >= 0.3 is 5.97 Å². The molecule has 2 aromatic carbocycles. The third-order valence-corrected chi connectivity index (χ3v) is 6.97. The van der Waals surface area contributed by atoms with E-state index in [0.717, 1.165) is 34.9 Å². The molecule has 5 rings (SSSR count). The van der Waals surface area contributed by atoms with Gasteiger partial charge in [-0.3, -0.25) is 4.99 Å². The van der Waals surface area contributed by atoms with Crippen LogP contribution in [0.5, 0.6) is 0 Å². The summed E-state index contributed by atoms with van der Waals surface area (Å²) in [6.45, 7) is 6.29. The van der Waals surface area contributed by atoms with Crippen LogP contribution in [0, 0.1) is 17.3 Å². The van der Waals surface area contributed by atoms with E-state index in [2.05, 4.69) is 13.8 Å². The highest BCUT2D eigenvalue weighted by Crippen LogP contribution is 2.61. The zero-order valence-corrected chi connectivity index (χ0v) is 16.4. The van der Waals surface area contributed by atoms with Gasteiger partial charge in [0.05, 0.1) is 7.11 Å². The van der Waals surface area contributed by atoms with Gasteiger partial charge in [-0.2, -0.15) is 0 Å². The van der Waals surface area contributed by atoms with E-state index in [1.807, 2.05) is 49.4 Å². The van der Waals surface area contributed by atoms with Crippen LogP contribution in [0.3, 0.4) is 0 Å². The summed E-state index contributed by atoms with van der Waals surface area (Å²) in [6, 6.07) is 13.2. The molecule has 0 radical (unpaired) electrons. The van der Waals surface area contributed by atoms with Crippen LogP contribution in [-0.4, -0.2) is 29.5 Å². The second-order valence-corrected chi connectivity index (χ2v) is 8.77. The smallest absolute Gasteiger partial charge is 0.335 e. The summed E-state index contributed by atoms with van der Waals surface area (Å²) < 4.78 is 5.04. The first-order valence-electron chi connectivity index (χ1n) is 9.61. The Morgan fingerprint density at radius 3 is 2.52 bits per heavy atom. The zero-order chi connectivity index (χ0) is 19.4. The number of esters is 1. The van der Waals surface area contributed by atoms with Crippen molar-refractivity contribution in [2.45, 2.75) is 45.3 Å². The van der Waals surface area contributed by atoms with Crippen molar-refractivity contribution in [3.63, 3.8) is 0 Å². The van der Waals surface area contributed by atoms with Crippen molar-refractivity contribution >= 4 is 22.5 Å². The number of hydrogen-bond donors (Lipinski definition) is 1. The highest BCUT2D eigenvalue weighted by Gasteiger charge is 2.61. The number of benzene rings is 2. The normalized spacial score (nSPS) is 31.4. The molecule has 3 aliphatic rings. The Morgan fingerprint density at radius 2 is 1.89 bits per heavy atom. The van der Waals surface area contributed by atoms with E-state index in [1.54, 1.807) is 0 Å². The summed E-state index contributed by atoms with van der Waals surface area (Å²) >= 11 is 0. The predicted molar refractivity (Wildman–Crippen MR) is 107 cm³/mol. The first-order valence-corrected chi connectivity index (χ1v) is 9.61. The van der Waals surface area contributed by atoms with Crippen molar-refractivity contribution in [3.8, 4) is 0 Å². The predicted octanol–water partition coefficient (Wildman–Crippen LogP) is 4.31. The lowest BCUT2D eigenvalue weighted by atomic mass is 9.44. The number of methoxy groups -OCH3 is 1. The Kier molecular flexibility index (Phi) is 4.15. The average Bonchev–Trinajstić information content (AvgIpc) is 2.65. The molecule has 142 valence electrons. The summed E-state index contributed by atoms with van der Waals surface area (Å²) in [5, 5.41) is 13.4. The molecule has 4 nitrogen and oxygen atoms in total. The van der Waals surface area contributed by atoms with E-state index in [9.17, 15) is 9.90 Å². The fourth-order valence-electron chi connectivity index (χ4n) is 5.05. The molecule has 3 saturated carbocycles. The lowest BCUT2D eigenvalue weighted by molar-refractivity contribution is -0.142. The van der Waals surface area contributed by atoms with Gasteiger partial charge in [0, 0.05) is 5.71 Å². The molecule has 1 unspecified atom stereocenters. The summed E-state index contributed by atoms with van der Waals surface area (Å²) in [5.74, 6) is 0.292. The molecular formula is C23H27NO3. The maximum absolute atomic E-state index is 12.5. The van der Waals surface area contributed by atoms with Crippen molar-refractivity contribution in [1.29, 1.82) is 0 Å². The number of ether oxygens (including phenoxy) is 1. The molecular weight excluding hydrogens is 338 g/mol. The van der Waals surface area contributed by atoms with Gasteiger partial charge in [-0.1, -0.05) is 50.2 Å². The zero-order valence-electron chi connectivity index (χ0n) is 16.4. The molecule has 3 fully saturated rings. The van der Waals surface area contributed by atoms with Crippen LogP contribution in [0.15, 0.2) is 47.5 Å². The number of aliphatic imine (C=N–C) groups is 1. The van der Waals surface area contributed by atoms with Gasteiger partial charge in [0.25, 0.3) is 0 Å². The van der Waals surface area contributed by atoms with Gasteiger partial charge < -0.3 is 9.84 Å². The monoisotopic (exact) mass is 365 g/mol. The number of carbonyl (C=O) groups is 1. The number of hydrogen-bond acceptors (Lipinski definition) is 4. The van der Waals surface area contributed by atoms with Gasteiger partial charge in [0.1, 0.15) is 5.60 Å². The molecule has 4 atom stereocenters. The van der Waals surface area contributed by atoms with E-state index in [-0.39, 0.29) is 11.3 Å². The summed E-state index contributed by atoms with van der Waals surface area (Å²) in [6.07, 6.45) is 1.76. The number of nitrogens with zero attached hydrogens (tertiary/aromatic N) is 1. The lowest BCUT2D eigenvalue weighted by Crippen LogP contribution is -2.64. The molecule has 0 aromatic heterocycles. The highest BCUT2D eigenvalue weighted by atomic mass is 16.5. The van der Waals surface area contributed by atoms with Gasteiger partial charge in [0.2, 0.25) is 0 Å². The van der Waals surface area contributed by atoms with Crippen molar-refractivity contribution in [2.24, 2.45) is 22.2 Å². The molecule has 2 bridgehead atoms. The number of carbonyl (C=O) groups excluding carboxylic acids is 1. The largest absolute Gasteiger partial charge is 0.467 e. The van der Waals surface area contributed by atoms with Gasteiger partial charge in [-0.25, -0.2) is 4.79 Å². The molecule has 0 heterocycles. The molecule has 27 heavy (non-hydrogen) atoms. The van der Waals surface area contributed by atoms with Crippen LogP contribution < -0.4 is 0 Å². The highest BCUT2D eigenvalue weighted by molar-refractivity contribution is 5.97. The fourth-order valence-corrected chi connectivity index (χ4v) is 5.05. The van der Waals surface area contributed by atoms with E-state index in [4.69, 9.17) is 9.73 Å². The van der Waals surface area contributed by atoms with Crippen molar-refractivity contribution in [3.05, 3.63) is 48.0 Å². The average molecular weight is 365 g/mol. The minimum absolute atomic E-state index is 0.117. The van der Waals surface area contributed by atoms with Crippen LogP contribution in [0.2, 0.25) is 0 Å². The number of aliphatic hydroxyl groups is 1. The van der Waals surface area contributed by atoms with Crippen molar-refractivity contribution in [2.75, 3.05) is 7.11 Å². The molecule has 1 N–H and O–H groups in total. The van der Waals surface area contributed by atoms with Crippen LogP contribution in [0.25, 0.3) is 10.8 Å². The van der Waals surface area contributed by atoms with Crippen LogP contribution in [-0.2, 0) is 9.53 Å². The Bertz CT molecular complexity index is 928. The Morgan fingerprint density at radius 1 is 1.19 bits per heavy atom. The molecule has 0 saturated heterocycles. The van der Waals surface area contributed by atoms with Crippen molar-refractivity contribution in [1.82, 2.24) is 0 Å². The Balaban J connectivity index is 1.75. The lowest BCUT2D eigenvalue weighted by Gasteiger charge is -2.62. The van der Waals surface area contributed by atoms with E-state index in [1.165, 1.54) is 7.11 Å². The molecule has 0 spiro atoms. The maximum Gasteiger partial charge on any atom is 0.335 e. The third kappa shape index (κ3) is 2.78. The van der Waals surface area contributed by atoms with Crippen LogP contribution in [0.1, 0.15) is 45.2 Å². The Hall–Kier alpha value is -2.20. The summed E-state index contributed by atoms with van der Waals surface area (Å²) in [5.41, 5.74) is 0.655. The summed E-state index contributed by atoms with van der Waals surface area (Å²) in [7, 11) is 1.39. The van der Waals surface area contributed by atoms with Gasteiger partial charge in [0.15, 0.2) is 6.04 Å². The SMILES string of the molecule is COC(=O)C(N=C1C[C@@H]2C[C@@H](C2(C)C)[C@]1(C)O)c1ccc2ccccc2c1. The number of fused-ring (bicyclic) bond motifs is 3. The molecule has 0 aliphatic heterocycles. The maximum atomic E-state index is 12.5. The van der Waals surface area contributed by atoms with Crippen molar-refractivity contribution < 1.29 is 14.6 Å². The number of rotatable bonds is 3. The quantitative estimate of drug-likeness (QED) is 0.825. The van der Waals surface area contributed by atoms with Gasteiger partial charge in [-0.05, 0) is 59.4 Å². The topological polar surface area (TPSA) is 58.9 Å². The summed E-state index contributed by atoms with van der Waals surface area (Å²) in [4.78, 5) is 17.3. The van der Waals surface area contributed by atoms with E-state index < -0.39 is 17.6 Å². The molecule has 0 amide bonds.